The summed E-state index contributed by atoms with van der Waals surface area (Å²) in [6.45, 7) is 4.75. The first-order valence-corrected chi connectivity index (χ1v) is 16.4. The number of rotatable bonds is 5. The maximum absolute atomic E-state index is 2.46. The Morgan fingerprint density at radius 1 is 0.489 bits per heavy atom. The Morgan fingerprint density at radius 2 is 1.11 bits per heavy atom. The molecule has 0 atom stereocenters. The Kier molecular flexibility index (Phi) is 6.20. The zero-order valence-electron chi connectivity index (χ0n) is 26.6. The summed E-state index contributed by atoms with van der Waals surface area (Å²) < 4.78 is 2.43. The van der Waals surface area contributed by atoms with Crippen molar-refractivity contribution in [2.45, 2.75) is 19.3 Å². The molecule has 7 aromatic carbocycles. The highest BCUT2D eigenvalue weighted by atomic mass is 15.2. The van der Waals surface area contributed by atoms with Gasteiger partial charge in [0, 0.05) is 33.2 Å². The average Bonchev–Trinajstić information content (AvgIpc) is 3.59. The number of aromatic nitrogens is 1. The molecule has 1 heterocycles. The van der Waals surface area contributed by atoms with Crippen molar-refractivity contribution < 1.29 is 0 Å². The van der Waals surface area contributed by atoms with Gasteiger partial charge in [-0.25, -0.2) is 0 Å². The van der Waals surface area contributed by atoms with Crippen LogP contribution >= 0.6 is 0 Å². The van der Waals surface area contributed by atoms with Crippen molar-refractivity contribution in [2.75, 3.05) is 4.90 Å². The zero-order chi connectivity index (χ0) is 31.5. The molecule has 0 saturated heterocycles. The van der Waals surface area contributed by atoms with E-state index in [0.717, 1.165) is 22.7 Å². The lowest BCUT2D eigenvalue weighted by atomic mass is 9.78. The molecule has 0 spiro atoms. The molecule has 1 aliphatic carbocycles. The van der Waals surface area contributed by atoms with Crippen LogP contribution in [0.1, 0.15) is 25.0 Å². The zero-order valence-corrected chi connectivity index (χ0v) is 26.6. The number of anilines is 3. The van der Waals surface area contributed by atoms with Crippen LogP contribution in [0.25, 0.3) is 49.7 Å². The van der Waals surface area contributed by atoms with Crippen molar-refractivity contribution in [3.05, 3.63) is 181 Å². The van der Waals surface area contributed by atoms with Gasteiger partial charge in [0.1, 0.15) is 0 Å². The van der Waals surface area contributed by atoms with Crippen LogP contribution < -0.4 is 4.90 Å². The van der Waals surface area contributed by atoms with Gasteiger partial charge in [-0.05, 0) is 81.9 Å². The van der Waals surface area contributed by atoms with Crippen LogP contribution in [-0.4, -0.2) is 4.57 Å². The minimum Gasteiger partial charge on any atom is -0.308 e. The Morgan fingerprint density at radius 3 is 1.89 bits per heavy atom. The summed E-state index contributed by atoms with van der Waals surface area (Å²) in [6, 6.07) is 61.8. The number of benzene rings is 7. The molecular weight excluding hydrogens is 569 g/mol. The molecule has 224 valence electrons. The van der Waals surface area contributed by atoms with Crippen molar-refractivity contribution in [1.29, 1.82) is 0 Å². The van der Waals surface area contributed by atoms with Crippen molar-refractivity contribution in [1.82, 2.24) is 4.57 Å². The minimum atomic E-state index is -0.132. The molecule has 2 nitrogen and oxygen atoms in total. The van der Waals surface area contributed by atoms with E-state index in [1.165, 1.54) is 55.2 Å². The number of fused-ring (bicyclic) bond motifs is 6. The first-order chi connectivity index (χ1) is 23.1. The van der Waals surface area contributed by atoms with Gasteiger partial charge in [-0.1, -0.05) is 135 Å². The van der Waals surface area contributed by atoms with Gasteiger partial charge < -0.3 is 9.47 Å². The summed E-state index contributed by atoms with van der Waals surface area (Å²) in [4.78, 5) is 2.46. The second kappa shape index (κ2) is 10.6. The van der Waals surface area contributed by atoms with Crippen molar-refractivity contribution in [3.63, 3.8) is 0 Å². The molecule has 47 heavy (non-hydrogen) atoms. The van der Waals surface area contributed by atoms with Gasteiger partial charge in [-0.3, -0.25) is 0 Å². The van der Waals surface area contributed by atoms with Gasteiger partial charge in [-0.15, -0.1) is 0 Å². The fourth-order valence-corrected chi connectivity index (χ4v) is 7.92. The van der Waals surface area contributed by atoms with Crippen LogP contribution in [-0.2, 0) is 5.41 Å². The summed E-state index contributed by atoms with van der Waals surface area (Å²) in [5.41, 5.74) is 14.7. The Bertz CT molecular complexity index is 2420. The summed E-state index contributed by atoms with van der Waals surface area (Å²) in [7, 11) is 0. The molecule has 2 heteroatoms. The summed E-state index contributed by atoms with van der Waals surface area (Å²) in [5.74, 6) is 0. The average molecular weight is 603 g/mol. The molecule has 0 saturated carbocycles. The maximum atomic E-state index is 2.46. The van der Waals surface area contributed by atoms with Gasteiger partial charge in [0.15, 0.2) is 0 Å². The second-order valence-electron chi connectivity index (χ2n) is 13.0. The van der Waals surface area contributed by atoms with E-state index in [0.29, 0.717) is 0 Å². The molecule has 9 rings (SSSR count). The number of hydrogen-bond donors (Lipinski definition) is 0. The fraction of sp³-hybridized carbons (Fsp3) is 0.0667. The molecule has 0 aliphatic heterocycles. The van der Waals surface area contributed by atoms with E-state index in [9.17, 15) is 0 Å². The number of hydrogen-bond acceptors (Lipinski definition) is 1. The summed E-state index contributed by atoms with van der Waals surface area (Å²) >= 11 is 0. The highest BCUT2D eigenvalue weighted by Gasteiger charge is 2.38. The first-order valence-electron chi connectivity index (χ1n) is 16.4. The van der Waals surface area contributed by atoms with Crippen LogP contribution in [0.5, 0.6) is 0 Å². The highest BCUT2D eigenvalue weighted by molar-refractivity contribution is 6.14. The highest BCUT2D eigenvalue weighted by Crippen LogP contribution is 2.55. The lowest BCUT2D eigenvalue weighted by Crippen LogP contribution is -2.17. The van der Waals surface area contributed by atoms with Gasteiger partial charge in [0.2, 0.25) is 0 Å². The lowest BCUT2D eigenvalue weighted by Gasteiger charge is -2.30. The van der Waals surface area contributed by atoms with Crippen molar-refractivity contribution >= 4 is 38.9 Å². The van der Waals surface area contributed by atoms with Gasteiger partial charge >= 0.3 is 0 Å². The smallest absolute Gasteiger partial charge is 0.0782 e. The lowest BCUT2D eigenvalue weighted by molar-refractivity contribution is 0.662. The van der Waals surface area contributed by atoms with E-state index in [-0.39, 0.29) is 5.41 Å². The quantitative estimate of drug-likeness (QED) is 0.190. The summed E-state index contributed by atoms with van der Waals surface area (Å²) in [6.07, 6.45) is 0. The van der Waals surface area contributed by atoms with E-state index in [1.807, 2.05) is 0 Å². The molecule has 0 amide bonds. The SMILES string of the molecule is CC1(C)c2ccccc2-c2cc(N(c3ccccc3)c3cccc4c5ccccc5n(-c5ccccc5)c34)cc(-c3ccccc3)c21. The molecule has 0 unspecified atom stereocenters. The van der Waals surface area contributed by atoms with Crippen LogP contribution in [0, 0.1) is 0 Å². The third kappa shape index (κ3) is 4.18. The van der Waals surface area contributed by atoms with E-state index < -0.39 is 0 Å². The van der Waals surface area contributed by atoms with Crippen molar-refractivity contribution in [2.24, 2.45) is 0 Å². The second-order valence-corrected chi connectivity index (χ2v) is 13.0. The van der Waals surface area contributed by atoms with E-state index in [2.05, 4.69) is 193 Å². The number of para-hydroxylation sites is 4. The first kappa shape index (κ1) is 27.5. The molecule has 0 bridgehead atoms. The molecule has 8 aromatic rings. The monoisotopic (exact) mass is 602 g/mol. The molecular formula is C45H34N2. The largest absolute Gasteiger partial charge is 0.308 e. The Hall–Kier alpha value is -5.86. The van der Waals surface area contributed by atoms with Gasteiger partial charge in [-0.2, -0.15) is 0 Å². The summed E-state index contributed by atoms with van der Waals surface area (Å²) in [5, 5.41) is 2.48. The molecule has 0 radical (unpaired) electrons. The Labute approximate surface area is 275 Å². The van der Waals surface area contributed by atoms with Crippen LogP contribution in [0.4, 0.5) is 17.1 Å². The number of nitrogens with zero attached hydrogens (tertiary/aromatic N) is 2. The molecule has 1 aromatic heterocycles. The van der Waals surface area contributed by atoms with Gasteiger partial charge in [0.05, 0.1) is 16.7 Å². The van der Waals surface area contributed by atoms with E-state index >= 15 is 0 Å². The topological polar surface area (TPSA) is 8.17 Å². The normalized spacial score (nSPS) is 13.1. The standard InChI is InChI=1S/C45H34N2/c1-45(2)40-26-14-12-23-35(40)39-30-34(29-38(43(39)45)31-17-6-3-7-18-31)46(32-19-8-4-9-20-32)42-28-16-25-37-36-24-13-15-27-41(36)47(44(37)42)33-21-10-5-11-22-33/h3-30H,1-2H3. The van der Waals surface area contributed by atoms with Crippen LogP contribution in [0.15, 0.2) is 170 Å². The van der Waals surface area contributed by atoms with Crippen molar-refractivity contribution in [3.8, 4) is 27.9 Å². The third-order valence-corrected chi connectivity index (χ3v) is 9.92. The third-order valence-electron chi connectivity index (χ3n) is 9.92. The molecule has 1 aliphatic rings. The Balaban J connectivity index is 1.41. The van der Waals surface area contributed by atoms with Crippen LogP contribution in [0.3, 0.4) is 0 Å². The van der Waals surface area contributed by atoms with Gasteiger partial charge in [0.25, 0.3) is 0 Å². The predicted molar refractivity (Wildman–Crippen MR) is 198 cm³/mol. The van der Waals surface area contributed by atoms with E-state index in [1.54, 1.807) is 0 Å². The predicted octanol–water partition coefficient (Wildman–Crippen LogP) is 12.2. The van der Waals surface area contributed by atoms with Crippen LogP contribution in [0.2, 0.25) is 0 Å². The maximum Gasteiger partial charge on any atom is 0.0782 e. The molecule has 0 N–H and O–H groups in total. The fourth-order valence-electron chi connectivity index (χ4n) is 7.92. The molecule has 0 fully saturated rings. The minimum absolute atomic E-state index is 0.132. The van der Waals surface area contributed by atoms with E-state index in [4.69, 9.17) is 0 Å².